The molecule has 0 radical (unpaired) electrons. The van der Waals surface area contributed by atoms with Gasteiger partial charge < -0.3 is 20.3 Å². The number of halogens is 1. The molecule has 3 rings (SSSR count). The summed E-state index contributed by atoms with van der Waals surface area (Å²) in [7, 11) is 0. The van der Waals surface area contributed by atoms with E-state index in [-0.39, 0.29) is 30.1 Å². The molecule has 0 bridgehead atoms. The van der Waals surface area contributed by atoms with Crippen LogP contribution in [0.4, 0.5) is 5.95 Å². The van der Waals surface area contributed by atoms with Crippen molar-refractivity contribution in [2.45, 2.75) is 18.9 Å². The summed E-state index contributed by atoms with van der Waals surface area (Å²) >= 11 is 0. The molecule has 1 fully saturated rings. The number of anilines is 1. The summed E-state index contributed by atoms with van der Waals surface area (Å²) in [4.78, 5) is 17.3. The molecule has 0 amide bonds. The van der Waals surface area contributed by atoms with Crippen LogP contribution in [0.2, 0.25) is 0 Å². The normalized spacial score (nSPS) is 21.6. The van der Waals surface area contributed by atoms with Gasteiger partial charge in [-0.05, 0) is 25.0 Å². The summed E-state index contributed by atoms with van der Waals surface area (Å²) in [5.41, 5.74) is 6.10. The minimum absolute atomic E-state index is 0. The van der Waals surface area contributed by atoms with Gasteiger partial charge in [-0.2, -0.15) is 0 Å². The molecule has 1 unspecified atom stereocenters. The van der Waals surface area contributed by atoms with Crippen LogP contribution in [0.25, 0.3) is 0 Å². The lowest BCUT2D eigenvalue weighted by molar-refractivity contribution is 0.131. The average molecular weight is 430 g/mol. The first-order valence-electron chi connectivity index (χ1n) is 7.70. The van der Waals surface area contributed by atoms with Gasteiger partial charge >= 0.3 is 0 Å². The maximum absolute atomic E-state index is 6.10. The number of aliphatic imine (C=N–C) groups is 1. The number of guanidine groups is 1. The Bertz CT molecular complexity index is 530. The first kappa shape index (κ1) is 17.8. The third kappa shape index (κ3) is 4.95. The summed E-state index contributed by atoms with van der Waals surface area (Å²) < 4.78 is 5.50. The van der Waals surface area contributed by atoms with E-state index in [1.54, 1.807) is 18.7 Å². The zero-order chi connectivity index (χ0) is 15.2. The Labute approximate surface area is 153 Å². The lowest BCUT2D eigenvalue weighted by Crippen LogP contribution is -2.51. The maximum atomic E-state index is 6.10. The molecule has 7 nitrogen and oxygen atoms in total. The van der Waals surface area contributed by atoms with Crippen molar-refractivity contribution in [3.63, 3.8) is 0 Å². The average Bonchev–Trinajstić information content (AvgIpc) is 2.61. The number of hydrogen-bond acceptors (Lipinski definition) is 5. The van der Waals surface area contributed by atoms with Crippen LogP contribution < -0.4 is 10.6 Å². The summed E-state index contributed by atoms with van der Waals surface area (Å²) in [6, 6.07) is 1.83. The van der Waals surface area contributed by atoms with Gasteiger partial charge in [-0.25, -0.2) is 15.0 Å². The highest BCUT2D eigenvalue weighted by atomic mass is 127. The van der Waals surface area contributed by atoms with Gasteiger partial charge in [0.25, 0.3) is 0 Å². The van der Waals surface area contributed by atoms with E-state index < -0.39 is 0 Å². The highest BCUT2D eigenvalue weighted by Gasteiger charge is 2.20. The molecule has 2 aliphatic rings. The Morgan fingerprint density at radius 1 is 1.26 bits per heavy atom. The van der Waals surface area contributed by atoms with Crippen molar-refractivity contribution in [1.29, 1.82) is 0 Å². The van der Waals surface area contributed by atoms with E-state index in [1.807, 2.05) is 12.1 Å². The Hall–Kier alpha value is -1.58. The Morgan fingerprint density at radius 2 is 2.00 bits per heavy atom. The Kier molecular flexibility index (Phi) is 6.87. The number of aromatic nitrogens is 2. The third-order valence-corrected chi connectivity index (χ3v) is 3.92. The predicted molar refractivity (Wildman–Crippen MR) is 101 cm³/mol. The van der Waals surface area contributed by atoms with Gasteiger partial charge in [0.2, 0.25) is 5.95 Å². The first-order chi connectivity index (χ1) is 10.8. The molecule has 1 saturated heterocycles. The zero-order valence-corrected chi connectivity index (χ0v) is 15.4. The number of nitrogens with zero attached hydrogens (tertiary/aromatic N) is 5. The zero-order valence-electron chi connectivity index (χ0n) is 13.0. The van der Waals surface area contributed by atoms with E-state index in [9.17, 15) is 0 Å². The highest BCUT2D eigenvalue weighted by molar-refractivity contribution is 14.0. The molecule has 2 aliphatic heterocycles. The van der Waals surface area contributed by atoms with Crippen LogP contribution in [0.15, 0.2) is 35.8 Å². The molecule has 0 aromatic carbocycles. The molecule has 1 aromatic rings. The monoisotopic (exact) mass is 430 g/mol. The maximum Gasteiger partial charge on any atom is 0.225 e. The minimum atomic E-state index is 0. The van der Waals surface area contributed by atoms with Crippen molar-refractivity contribution in [3.05, 3.63) is 30.8 Å². The van der Waals surface area contributed by atoms with Gasteiger partial charge in [0.1, 0.15) is 6.10 Å². The number of rotatable bonds is 3. The van der Waals surface area contributed by atoms with E-state index in [1.165, 1.54) is 0 Å². The summed E-state index contributed by atoms with van der Waals surface area (Å²) in [5.74, 6) is 1.38. The van der Waals surface area contributed by atoms with E-state index in [4.69, 9.17) is 10.5 Å². The van der Waals surface area contributed by atoms with Gasteiger partial charge in [0.15, 0.2) is 5.96 Å². The molecule has 0 aliphatic carbocycles. The molecule has 23 heavy (non-hydrogen) atoms. The van der Waals surface area contributed by atoms with Crippen LogP contribution in [-0.4, -0.2) is 59.7 Å². The molecule has 8 heteroatoms. The topological polar surface area (TPSA) is 79.9 Å². The molecule has 0 saturated carbocycles. The summed E-state index contributed by atoms with van der Waals surface area (Å²) in [6.45, 7) is 3.99. The van der Waals surface area contributed by atoms with Crippen molar-refractivity contribution in [2.24, 2.45) is 10.7 Å². The van der Waals surface area contributed by atoms with Crippen LogP contribution in [-0.2, 0) is 4.74 Å². The van der Waals surface area contributed by atoms with E-state index in [2.05, 4.69) is 24.8 Å². The molecular formula is C15H23IN6O. The fourth-order valence-electron chi connectivity index (χ4n) is 2.60. The molecule has 3 heterocycles. The van der Waals surface area contributed by atoms with Gasteiger partial charge in [-0.15, -0.1) is 24.0 Å². The summed E-state index contributed by atoms with van der Waals surface area (Å²) in [6.07, 6.45) is 9.55. The van der Waals surface area contributed by atoms with Crippen LogP contribution in [0.5, 0.6) is 0 Å². The molecule has 1 atom stereocenters. The smallest absolute Gasteiger partial charge is 0.225 e. The quantitative estimate of drug-likeness (QED) is 0.442. The van der Waals surface area contributed by atoms with Crippen molar-refractivity contribution < 1.29 is 4.74 Å². The van der Waals surface area contributed by atoms with Gasteiger partial charge in [-0.1, -0.05) is 0 Å². The van der Waals surface area contributed by atoms with Crippen molar-refractivity contribution in [2.75, 3.05) is 37.6 Å². The fourth-order valence-corrected chi connectivity index (χ4v) is 2.60. The molecule has 0 spiro atoms. The van der Waals surface area contributed by atoms with Gasteiger partial charge in [0, 0.05) is 38.6 Å². The van der Waals surface area contributed by atoms with Crippen molar-refractivity contribution in [3.8, 4) is 0 Å². The number of allylic oxidation sites excluding steroid dienone is 1. The second kappa shape index (κ2) is 8.90. The standard InChI is InChI=1S/C15H22N6O.HI/c16-14(19-12-13-4-1-2-11-22-13)20-7-9-21(10-8-20)15-17-5-3-6-18-15;/h2-3,5-6,11,13H,1,4,7-10,12H2,(H2,16,19);1H. The Balaban J connectivity index is 0.00000192. The Morgan fingerprint density at radius 3 is 2.65 bits per heavy atom. The molecule has 126 valence electrons. The van der Waals surface area contributed by atoms with Crippen LogP contribution in [0.1, 0.15) is 12.8 Å². The lowest BCUT2D eigenvalue weighted by Gasteiger charge is -2.35. The number of nitrogens with two attached hydrogens (primary N) is 1. The second-order valence-corrected chi connectivity index (χ2v) is 5.43. The number of piperazine rings is 1. The highest BCUT2D eigenvalue weighted by Crippen LogP contribution is 2.12. The number of hydrogen-bond donors (Lipinski definition) is 1. The van der Waals surface area contributed by atoms with Gasteiger partial charge in [-0.3, -0.25) is 0 Å². The molecule has 2 N–H and O–H groups in total. The molecule has 1 aromatic heterocycles. The molecular weight excluding hydrogens is 407 g/mol. The van der Waals surface area contributed by atoms with Gasteiger partial charge in [0.05, 0.1) is 12.8 Å². The minimum Gasteiger partial charge on any atom is -0.496 e. The van der Waals surface area contributed by atoms with E-state index >= 15 is 0 Å². The van der Waals surface area contributed by atoms with E-state index in [0.717, 1.165) is 45.0 Å². The van der Waals surface area contributed by atoms with Crippen LogP contribution in [0, 0.1) is 0 Å². The SMILES string of the molecule is I.NC(=NCC1CCC=CO1)N1CCN(c2ncccn2)CC1. The largest absolute Gasteiger partial charge is 0.496 e. The number of ether oxygens (including phenoxy) is 1. The van der Waals surface area contributed by atoms with Crippen molar-refractivity contribution >= 4 is 35.9 Å². The van der Waals surface area contributed by atoms with Crippen LogP contribution in [0.3, 0.4) is 0 Å². The third-order valence-electron chi connectivity index (χ3n) is 3.92. The lowest BCUT2D eigenvalue weighted by atomic mass is 10.2. The predicted octanol–water partition coefficient (Wildman–Crippen LogP) is 1.22. The summed E-state index contributed by atoms with van der Waals surface area (Å²) in [5, 5.41) is 0. The van der Waals surface area contributed by atoms with Crippen molar-refractivity contribution in [1.82, 2.24) is 14.9 Å². The van der Waals surface area contributed by atoms with Crippen LogP contribution >= 0.6 is 24.0 Å². The van der Waals surface area contributed by atoms with E-state index in [0.29, 0.717) is 12.5 Å². The first-order valence-corrected chi connectivity index (χ1v) is 7.70. The second-order valence-electron chi connectivity index (χ2n) is 5.43. The fraction of sp³-hybridized carbons (Fsp3) is 0.533.